The first-order chi connectivity index (χ1) is 11.2. The number of H-pyrrole nitrogens is 1. The van der Waals surface area contributed by atoms with Crippen LogP contribution in [0.2, 0.25) is 5.02 Å². The number of hydrogen-bond acceptors (Lipinski definition) is 2. The van der Waals surface area contributed by atoms with E-state index < -0.39 is 0 Å². The van der Waals surface area contributed by atoms with E-state index in [0.29, 0.717) is 10.6 Å². The van der Waals surface area contributed by atoms with Crippen molar-refractivity contribution < 1.29 is 9.13 Å². The lowest BCUT2D eigenvalue weighted by Crippen LogP contribution is -2.22. The van der Waals surface area contributed by atoms with Gasteiger partial charge in [-0.1, -0.05) is 29.8 Å². The summed E-state index contributed by atoms with van der Waals surface area (Å²) in [5.74, 6) is 0.394. The molecule has 1 aromatic heterocycles. The molecule has 0 bridgehead atoms. The van der Waals surface area contributed by atoms with E-state index in [-0.39, 0.29) is 12.4 Å². The van der Waals surface area contributed by atoms with Crippen LogP contribution in [0.25, 0.3) is 10.9 Å². The van der Waals surface area contributed by atoms with E-state index in [1.54, 1.807) is 12.1 Å². The predicted octanol–water partition coefficient (Wildman–Crippen LogP) is 4.19. The molecule has 2 N–H and O–H groups in total. The van der Waals surface area contributed by atoms with Gasteiger partial charge in [0.25, 0.3) is 0 Å². The highest BCUT2D eigenvalue weighted by atomic mass is 35.5. The Labute approximate surface area is 138 Å². The molecule has 0 radical (unpaired) electrons. The van der Waals surface area contributed by atoms with Crippen LogP contribution in [-0.2, 0) is 19.6 Å². The molecule has 118 valence electrons. The third-order valence-electron chi connectivity index (χ3n) is 4.24. The van der Waals surface area contributed by atoms with Gasteiger partial charge >= 0.3 is 0 Å². The van der Waals surface area contributed by atoms with Gasteiger partial charge in [-0.05, 0) is 36.7 Å². The van der Waals surface area contributed by atoms with Crippen molar-refractivity contribution in [2.45, 2.75) is 19.6 Å². The summed E-state index contributed by atoms with van der Waals surface area (Å²) < 4.78 is 19.7. The first kappa shape index (κ1) is 14.5. The molecule has 23 heavy (non-hydrogen) atoms. The van der Waals surface area contributed by atoms with Gasteiger partial charge in [0.2, 0.25) is 0 Å². The number of ether oxygens (including phenoxy) is 1. The minimum atomic E-state index is -0.348. The number of aromatic amines is 1. The lowest BCUT2D eigenvalue weighted by atomic mass is 10.0. The molecular weight excluding hydrogens is 315 g/mol. The first-order valence-electron chi connectivity index (χ1n) is 7.62. The predicted molar refractivity (Wildman–Crippen MR) is 89.5 cm³/mol. The molecule has 5 heteroatoms. The molecule has 1 aliphatic heterocycles. The van der Waals surface area contributed by atoms with Crippen LogP contribution in [0.1, 0.15) is 16.8 Å². The maximum absolute atomic E-state index is 13.9. The number of para-hydroxylation sites is 1. The Balaban J connectivity index is 1.65. The third-order valence-corrected chi connectivity index (χ3v) is 4.48. The van der Waals surface area contributed by atoms with Gasteiger partial charge in [0.15, 0.2) is 0 Å². The molecule has 0 fully saturated rings. The van der Waals surface area contributed by atoms with Crippen LogP contribution < -0.4 is 10.1 Å². The quantitative estimate of drug-likeness (QED) is 0.755. The lowest BCUT2D eigenvalue weighted by Gasteiger charge is -2.12. The third kappa shape index (κ3) is 2.69. The normalized spacial score (nSPS) is 14.0. The summed E-state index contributed by atoms with van der Waals surface area (Å²) in [6.07, 6.45) is 1.00. The van der Waals surface area contributed by atoms with Crippen molar-refractivity contribution in [2.24, 2.45) is 0 Å². The van der Waals surface area contributed by atoms with E-state index in [1.165, 1.54) is 22.7 Å². The highest BCUT2D eigenvalue weighted by Crippen LogP contribution is 2.32. The van der Waals surface area contributed by atoms with Crippen LogP contribution in [0, 0.1) is 5.82 Å². The molecule has 0 saturated carbocycles. The zero-order valence-electron chi connectivity index (χ0n) is 12.5. The Morgan fingerprint density at radius 1 is 1.22 bits per heavy atom. The van der Waals surface area contributed by atoms with Gasteiger partial charge in [-0.3, -0.25) is 0 Å². The van der Waals surface area contributed by atoms with Crippen molar-refractivity contribution >= 4 is 22.5 Å². The average Bonchev–Trinajstić information content (AvgIpc) is 2.93. The Morgan fingerprint density at radius 3 is 3.00 bits per heavy atom. The Hall–Kier alpha value is -2.04. The van der Waals surface area contributed by atoms with Crippen LogP contribution in [-0.4, -0.2) is 11.5 Å². The second kappa shape index (κ2) is 5.87. The largest absolute Gasteiger partial charge is 0.487 e. The number of rotatable bonds is 3. The van der Waals surface area contributed by atoms with Crippen molar-refractivity contribution in [2.75, 3.05) is 6.54 Å². The SMILES string of the molecule is Fc1cc(Cl)ccc1COc1cccc2c3c([nH]c12)CNCC3. The molecule has 1 aliphatic rings. The Bertz CT molecular complexity index is 875. The van der Waals surface area contributed by atoms with Crippen molar-refractivity contribution in [1.29, 1.82) is 0 Å². The van der Waals surface area contributed by atoms with Crippen molar-refractivity contribution in [3.63, 3.8) is 0 Å². The van der Waals surface area contributed by atoms with Gasteiger partial charge in [-0.2, -0.15) is 0 Å². The van der Waals surface area contributed by atoms with Crippen molar-refractivity contribution in [1.82, 2.24) is 10.3 Å². The molecule has 0 aliphatic carbocycles. The highest BCUT2D eigenvalue weighted by Gasteiger charge is 2.17. The molecule has 0 spiro atoms. The van der Waals surface area contributed by atoms with Crippen molar-refractivity contribution in [3.8, 4) is 5.75 Å². The van der Waals surface area contributed by atoms with Gasteiger partial charge in [0.05, 0.1) is 5.52 Å². The highest BCUT2D eigenvalue weighted by molar-refractivity contribution is 6.30. The molecule has 0 amide bonds. The van der Waals surface area contributed by atoms with Crippen molar-refractivity contribution in [3.05, 3.63) is 64.1 Å². The number of nitrogens with one attached hydrogen (secondary N) is 2. The van der Waals surface area contributed by atoms with Crippen LogP contribution >= 0.6 is 11.6 Å². The molecule has 2 aromatic carbocycles. The van der Waals surface area contributed by atoms with E-state index in [4.69, 9.17) is 16.3 Å². The lowest BCUT2D eigenvalue weighted by molar-refractivity contribution is 0.303. The molecule has 0 atom stereocenters. The summed E-state index contributed by atoms with van der Waals surface area (Å²) >= 11 is 5.78. The molecule has 2 heterocycles. The Kier molecular flexibility index (Phi) is 3.71. The summed E-state index contributed by atoms with van der Waals surface area (Å²) in [5.41, 5.74) is 4.03. The van der Waals surface area contributed by atoms with Crippen LogP contribution in [0.3, 0.4) is 0 Å². The first-order valence-corrected chi connectivity index (χ1v) is 8.00. The van der Waals surface area contributed by atoms with Gasteiger partial charge in [-0.25, -0.2) is 4.39 Å². The summed E-state index contributed by atoms with van der Waals surface area (Å²) in [6, 6.07) is 10.6. The fourth-order valence-electron chi connectivity index (χ4n) is 3.08. The zero-order valence-corrected chi connectivity index (χ0v) is 13.2. The molecule has 0 unspecified atom stereocenters. The number of halogens is 2. The second-order valence-electron chi connectivity index (χ2n) is 5.71. The molecule has 3 aromatic rings. The van der Waals surface area contributed by atoms with Gasteiger partial charge in [0.1, 0.15) is 18.2 Å². The molecule has 4 rings (SSSR count). The van der Waals surface area contributed by atoms with Gasteiger partial charge < -0.3 is 15.0 Å². The number of benzene rings is 2. The van der Waals surface area contributed by atoms with E-state index in [1.807, 2.05) is 12.1 Å². The molecule has 0 saturated heterocycles. The summed E-state index contributed by atoms with van der Waals surface area (Å²) in [5, 5.41) is 4.94. The summed E-state index contributed by atoms with van der Waals surface area (Å²) in [6.45, 7) is 2.00. The van der Waals surface area contributed by atoms with Crippen LogP contribution in [0.4, 0.5) is 4.39 Å². The van der Waals surface area contributed by atoms with E-state index in [9.17, 15) is 4.39 Å². The van der Waals surface area contributed by atoms with Gasteiger partial charge in [0, 0.05) is 28.2 Å². The maximum atomic E-state index is 13.9. The van der Waals surface area contributed by atoms with Gasteiger partial charge in [-0.15, -0.1) is 0 Å². The smallest absolute Gasteiger partial charge is 0.143 e. The Morgan fingerprint density at radius 2 is 2.13 bits per heavy atom. The topological polar surface area (TPSA) is 37.0 Å². The molecular formula is C18H16ClFN2O. The number of hydrogen-bond donors (Lipinski definition) is 2. The average molecular weight is 331 g/mol. The summed E-state index contributed by atoms with van der Waals surface area (Å²) in [4.78, 5) is 3.44. The number of aromatic nitrogens is 1. The standard InChI is InChI=1S/C18H16ClFN2O/c19-12-5-4-11(15(20)8-12)10-23-17-3-1-2-14-13-6-7-21-9-16(13)22-18(14)17/h1-5,8,21-22H,6-7,9-10H2. The fraction of sp³-hybridized carbons (Fsp3) is 0.222. The van der Waals surface area contributed by atoms with Crippen LogP contribution in [0.15, 0.2) is 36.4 Å². The van der Waals surface area contributed by atoms with E-state index in [2.05, 4.69) is 16.4 Å². The fourth-order valence-corrected chi connectivity index (χ4v) is 3.24. The van der Waals surface area contributed by atoms with E-state index in [0.717, 1.165) is 30.8 Å². The monoisotopic (exact) mass is 330 g/mol. The summed E-state index contributed by atoms with van der Waals surface area (Å²) in [7, 11) is 0. The van der Waals surface area contributed by atoms with E-state index >= 15 is 0 Å². The maximum Gasteiger partial charge on any atom is 0.143 e. The minimum absolute atomic E-state index is 0.171. The minimum Gasteiger partial charge on any atom is -0.487 e. The zero-order chi connectivity index (χ0) is 15.8. The second-order valence-corrected chi connectivity index (χ2v) is 6.15. The van der Waals surface area contributed by atoms with Crippen LogP contribution in [0.5, 0.6) is 5.75 Å². The molecule has 3 nitrogen and oxygen atoms in total. The number of fused-ring (bicyclic) bond motifs is 3.